The molecule has 0 saturated heterocycles. The maximum absolute atomic E-state index is 13.1. The van der Waals surface area contributed by atoms with E-state index in [1.165, 1.54) is 30.3 Å². The molecule has 2 atom stereocenters. The third-order valence-corrected chi connectivity index (χ3v) is 5.84. The first-order valence-corrected chi connectivity index (χ1v) is 9.61. The molecule has 6 nitrogen and oxygen atoms in total. The molecule has 1 fully saturated rings. The molecule has 0 radical (unpaired) electrons. The van der Waals surface area contributed by atoms with Crippen LogP contribution < -0.4 is 10.5 Å². The van der Waals surface area contributed by atoms with Gasteiger partial charge in [0.1, 0.15) is 0 Å². The number of hydrogen-bond acceptors (Lipinski definition) is 4. The monoisotopic (exact) mass is 412 g/mol. The second-order valence-corrected chi connectivity index (χ2v) is 8.07. The average molecular weight is 412 g/mol. The summed E-state index contributed by atoms with van der Waals surface area (Å²) in [4.78, 5) is 23.0. The first-order valence-electron chi connectivity index (χ1n) is 8.13. The molecule has 10 heteroatoms. The van der Waals surface area contributed by atoms with Crippen molar-refractivity contribution < 1.29 is 31.2 Å². The van der Waals surface area contributed by atoms with E-state index >= 15 is 0 Å². The van der Waals surface area contributed by atoms with Crippen LogP contribution in [-0.2, 0) is 21.0 Å². The first kappa shape index (κ1) is 19.9. The predicted molar refractivity (Wildman–Crippen MR) is 92.6 cm³/mol. The zero-order valence-corrected chi connectivity index (χ0v) is 15.0. The van der Waals surface area contributed by atoms with Gasteiger partial charge in [0, 0.05) is 11.5 Å². The highest BCUT2D eigenvalue weighted by Crippen LogP contribution is 2.51. The number of carbonyl (C=O) groups is 2. The standard InChI is InChI=1S/C18H15F3N2O4S/c19-18(20,21)15-4-2-1-3-12(15)13-9-14(13)17(25)23-28(26,27)11-7-5-10(6-8-11)16(22)24/h1-8,13-14H,9H2,(H2,22,24)(H,23,25). The van der Waals surface area contributed by atoms with Gasteiger partial charge < -0.3 is 5.73 Å². The van der Waals surface area contributed by atoms with Crippen LogP contribution in [0.2, 0.25) is 0 Å². The SMILES string of the molecule is NC(=O)c1ccc(S(=O)(=O)NC(=O)C2CC2c2ccccc2C(F)(F)F)cc1. The van der Waals surface area contributed by atoms with E-state index in [1.54, 1.807) is 0 Å². The summed E-state index contributed by atoms with van der Waals surface area (Å²) in [6, 6.07) is 9.52. The molecule has 28 heavy (non-hydrogen) atoms. The van der Waals surface area contributed by atoms with E-state index in [9.17, 15) is 31.2 Å². The van der Waals surface area contributed by atoms with Gasteiger partial charge in [0.15, 0.2) is 0 Å². The highest BCUT2D eigenvalue weighted by molar-refractivity contribution is 7.90. The maximum Gasteiger partial charge on any atom is 0.416 e. The molecule has 0 spiro atoms. The van der Waals surface area contributed by atoms with Gasteiger partial charge in [-0.3, -0.25) is 9.59 Å². The number of nitrogens with two attached hydrogens (primary N) is 1. The zero-order valence-electron chi connectivity index (χ0n) is 14.2. The molecule has 3 rings (SSSR count). The lowest BCUT2D eigenvalue weighted by molar-refractivity contribution is -0.138. The van der Waals surface area contributed by atoms with Crippen molar-refractivity contribution in [3.63, 3.8) is 0 Å². The Morgan fingerprint density at radius 1 is 1.04 bits per heavy atom. The van der Waals surface area contributed by atoms with E-state index in [2.05, 4.69) is 0 Å². The van der Waals surface area contributed by atoms with Crippen LogP contribution in [0.5, 0.6) is 0 Å². The summed E-state index contributed by atoms with van der Waals surface area (Å²) in [7, 11) is -4.23. The molecule has 1 aliphatic rings. The van der Waals surface area contributed by atoms with Gasteiger partial charge >= 0.3 is 6.18 Å². The van der Waals surface area contributed by atoms with Crippen LogP contribution in [0, 0.1) is 5.92 Å². The van der Waals surface area contributed by atoms with Crippen molar-refractivity contribution in [2.75, 3.05) is 0 Å². The van der Waals surface area contributed by atoms with Crippen LogP contribution >= 0.6 is 0 Å². The number of primary amides is 1. The van der Waals surface area contributed by atoms with E-state index in [4.69, 9.17) is 5.73 Å². The van der Waals surface area contributed by atoms with Crippen molar-refractivity contribution in [2.24, 2.45) is 11.7 Å². The van der Waals surface area contributed by atoms with Gasteiger partial charge in [-0.1, -0.05) is 18.2 Å². The summed E-state index contributed by atoms with van der Waals surface area (Å²) in [6.07, 6.45) is -4.44. The van der Waals surface area contributed by atoms with Gasteiger partial charge in [-0.2, -0.15) is 13.2 Å². The van der Waals surface area contributed by atoms with Crippen molar-refractivity contribution in [3.8, 4) is 0 Å². The third kappa shape index (κ3) is 4.01. The summed E-state index contributed by atoms with van der Waals surface area (Å²) in [5.74, 6) is -3.19. The van der Waals surface area contributed by atoms with E-state index in [-0.39, 0.29) is 22.4 Å². The number of sulfonamides is 1. The highest BCUT2D eigenvalue weighted by Gasteiger charge is 2.48. The van der Waals surface area contributed by atoms with Gasteiger partial charge in [0.2, 0.25) is 11.8 Å². The number of benzene rings is 2. The van der Waals surface area contributed by atoms with Crippen LogP contribution in [0.25, 0.3) is 0 Å². The topological polar surface area (TPSA) is 106 Å². The van der Waals surface area contributed by atoms with Gasteiger partial charge in [-0.25, -0.2) is 13.1 Å². The lowest BCUT2D eigenvalue weighted by Gasteiger charge is -2.12. The van der Waals surface area contributed by atoms with Crippen molar-refractivity contribution in [1.82, 2.24) is 4.72 Å². The van der Waals surface area contributed by atoms with E-state index in [0.717, 1.165) is 18.2 Å². The Balaban J connectivity index is 1.74. The third-order valence-electron chi connectivity index (χ3n) is 4.48. The molecule has 2 aromatic rings. The van der Waals surface area contributed by atoms with Crippen molar-refractivity contribution in [1.29, 1.82) is 0 Å². The Kier molecular flexibility index (Phi) is 4.92. The fourth-order valence-electron chi connectivity index (χ4n) is 2.97. The number of nitrogens with one attached hydrogen (secondary N) is 1. The number of carbonyl (C=O) groups excluding carboxylic acids is 2. The zero-order chi connectivity index (χ0) is 20.7. The number of halogens is 3. The Hall–Kier alpha value is -2.88. The average Bonchev–Trinajstić information content (AvgIpc) is 3.41. The Morgan fingerprint density at radius 3 is 2.21 bits per heavy atom. The lowest BCUT2D eigenvalue weighted by atomic mass is 10.0. The lowest BCUT2D eigenvalue weighted by Crippen LogP contribution is -2.32. The fraction of sp³-hybridized carbons (Fsp3) is 0.222. The molecule has 2 unspecified atom stereocenters. The molecule has 2 aromatic carbocycles. The van der Waals surface area contributed by atoms with Crippen LogP contribution in [0.4, 0.5) is 13.2 Å². The maximum atomic E-state index is 13.1. The molecule has 0 bridgehead atoms. The quantitative estimate of drug-likeness (QED) is 0.787. The number of amides is 2. The number of alkyl halides is 3. The summed E-state index contributed by atoms with van der Waals surface area (Å²) in [5.41, 5.74) is 4.31. The molecule has 0 aromatic heterocycles. The summed E-state index contributed by atoms with van der Waals surface area (Å²) < 4.78 is 65.8. The van der Waals surface area contributed by atoms with Crippen LogP contribution in [0.3, 0.4) is 0 Å². The molecule has 148 valence electrons. The summed E-state index contributed by atoms with van der Waals surface area (Å²) in [5, 5.41) is 0. The van der Waals surface area contributed by atoms with Crippen molar-refractivity contribution in [3.05, 3.63) is 65.2 Å². The van der Waals surface area contributed by atoms with E-state index in [0.29, 0.717) is 0 Å². The second kappa shape index (κ2) is 6.93. The summed E-state index contributed by atoms with van der Waals surface area (Å²) >= 11 is 0. The van der Waals surface area contributed by atoms with Gasteiger partial charge in [0.05, 0.1) is 10.5 Å². The first-order chi connectivity index (χ1) is 13.0. The molecule has 2 amide bonds. The molecule has 1 saturated carbocycles. The molecule has 3 N–H and O–H groups in total. The molecule has 0 aliphatic heterocycles. The summed E-state index contributed by atoms with van der Waals surface area (Å²) in [6.45, 7) is 0. The minimum Gasteiger partial charge on any atom is -0.366 e. The van der Waals surface area contributed by atoms with Crippen molar-refractivity contribution >= 4 is 21.8 Å². The Labute approximate surface area is 158 Å². The highest BCUT2D eigenvalue weighted by atomic mass is 32.2. The Bertz CT molecular complexity index is 1030. The number of rotatable bonds is 5. The van der Waals surface area contributed by atoms with Crippen LogP contribution in [0.1, 0.15) is 33.8 Å². The fourth-order valence-corrected chi connectivity index (χ4v) is 4.00. The second-order valence-electron chi connectivity index (χ2n) is 6.39. The van der Waals surface area contributed by atoms with Gasteiger partial charge in [-0.15, -0.1) is 0 Å². The van der Waals surface area contributed by atoms with E-state index in [1.807, 2.05) is 4.72 Å². The molecular formula is C18H15F3N2O4S. The normalized spacial score (nSPS) is 19.1. The largest absolute Gasteiger partial charge is 0.416 e. The van der Waals surface area contributed by atoms with E-state index < -0.39 is 45.4 Å². The molecule has 1 aliphatic carbocycles. The van der Waals surface area contributed by atoms with Crippen LogP contribution in [-0.4, -0.2) is 20.2 Å². The Morgan fingerprint density at radius 2 is 1.64 bits per heavy atom. The smallest absolute Gasteiger partial charge is 0.366 e. The van der Waals surface area contributed by atoms with Crippen molar-refractivity contribution in [2.45, 2.75) is 23.4 Å². The molecule has 0 heterocycles. The van der Waals surface area contributed by atoms with Gasteiger partial charge in [-0.05, 0) is 48.2 Å². The minimum absolute atomic E-state index is 0.0293. The predicted octanol–water partition coefficient (Wildman–Crippen LogP) is 2.41. The number of hydrogen-bond donors (Lipinski definition) is 2. The minimum atomic E-state index is -4.56. The molecular weight excluding hydrogens is 397 g/mol. The van der Waals surface area contributed by atoms with Gasteiger partial charge in [0.25, 0.3) is 10.0 Å². The van der Waals surface area contributed by atoms with Crippen LogP contribution in [0.15, 0.2) is 53.4 Å².